The number of ketones is 1. The Labute approximate surface area is 133 Å². The van der Waals surface area contributed by atoms with Gasteiger partial charge in [0.15, 0.2) is 0 Å². The number of rotatable bonds is 5. The fourth-order valence-corrected chi connectivity index (χ4v) is 3.45. The third-order valence-corrected chi connectivity index (χ3v) is 4.50. The molecule has 3 heteroatoms. The lowest BCUT2D eigenvalue weighted by molar-refractivity contribution is -0.161. The summed E-state index contributed by atoms with van der Waals surface area (Å²) in [7, 11) is 0. The van der Waals surface area contributed by atoms with E-state index in [0.717, 1.165) is 12.0 Å². The zero-order valence-electron chi connectivity index (χ0n) is 13.9. The first-order chi connectivity index (χ1) is 10.4. The second kappa shape index (κ2) is 7.08. The van der Waals surface area contributed by atoms with Gasteiger partial charge in [0.1, 0.15) is 17.8 Å². The van der Waals surface area contributed by atoms with Crippen molar-refractivity contribution in [1.29, 1.82) is 0 Å². The van der Waals surface area contributed by atoms with Crippen molar-refractivity contribution in [2.75, 3.05) is 0 Å². The number of hydrogen-bond acceptors (Lipinski definition) is 3. The van der Waals surface area contributed by atoms with Gasteiger partial charge in [-0.1, -0.05) is 58.0 Å². The zero-order chi connectivity index (χ0) is 16.3. The molecule has 0 aliphatic heterocycles. The third kappa shape index (κ3) is 3.57. The molecular weight excluding hydrogens is 276 g/mol. The molecule has 0 radical (unpaired) electrons. The Kier molecular flexibility index (Phi) is 5.38. The summed E-state index contributed by atoms with van der Waals surface area (Å²) in [5.41, 5.74) is 1.06. The van der Waals surface area contributed by atoms with Crippen LogP contribution in [0.5, 0.6) is 0 Å². The summed E-state index contributed by atoms with van der Waals surface area (Å²) >= 11 is 0. The van der Waals surface area contributed by atoms with Crippen LogP contribution in [0.4, 0.5) is 0 Å². The molecule has 22 heavy (non-hydrogen) atoms. The fraction of sp³-hybridized carbons (Fsp3) is 0.579. The van der Waals surface area contributed by atoms with Crippen molar-refractivity contribution in [3.63, 3.8) is 0 Å². The topological polar surface area (TPSA) is 43.4 Å². The van der Waals surface area contributed by atoms with Crippen LogP contribution in [-0.4, -0.2) is 17.9 Å². The highest BCUT2D eigenvalue weighted by Gasteiger charge is 2.42. The summed E-state index contributed by atoms with van der Waals surface area (Å²) in [4.78, 5) is 24.8. The van der Waals surface area contributed by atoms with Crippen LogP contribution in [-0.2, 0) is 14.3 Å². The lowest BCUT2D eigenvalue weighted by atomic mass is 9.88. The Morgan fingerprint density at radius 1 is 1.09 bits per heavy atom. The molecular formula is C19H26O3. The van der Waals surface area contributed by atoms with E-state index >= 15 is 0 Å². The van der Waals surface area contributed by atoms with Crippen molar-refractivity contribution in [3.05, 3.63) is 35.9 Å². The van der Waals surface area contributed by atoms with Crippen LogP contribution in [0.3, 0.4) is 0 Å². The van der Waals surface area contributed by atoms with E-state index in [-0.39, 0.29) is 35.6 Å². The van der Waals surface area contributed by atoms with Gasteiger partial charge in [0.2, 0.25) is 0 Å². The van der Waals surface area contributed by atoms with Gasteiger partial charge in [0, 0.05) is 12.3 Å². The molecule has 1 aliphatic carbocycles. The monoisotopic (exact) mass is 302 g/mol. The summed E-state index contributed by atoms with van der Waals surface area (Å²) in [6.45, 7) is 8.18. The van der Waals surface area contributed by atoms with Crippen molar-refractivity contribution in [2.24, 2.45) is 17.8 Å². The lowest BCUT2D eigenvalue weighted by Crippen LogP contribution is -2.34. The number of carbonyl (C=O) groups is 2. The van der Waals surface area contributed by atoms with Gasteiger partial charge < -0.3 is 4.74 Å². The molecule has 1 aromatic rings. The van der Waals surface area contributed by atoms with Gasteiger partial charge in [-0.05, 0) is 23.8 Å². The molecule has 1 aromatic carbocycles. The first-order valence-electron chi connectivity index (χ1n) is 8.20. The van der Waals surface area contributed by atoms with Crippen LogP contribution >= 0.6 is 0 Å². The fourth-order valence-electron chi connectivity index (χ4n) is 3.45. The molecule has 1 fully saturated rings. The summed E-state index contributed by atoms with van der Waals surface area (Å²) in [6, 6.07) is 9.83. The Bertz CT molecular complexity index is 511. The number of carbonyl (C=O) groups excluding carboxylic acids is 2. The number of hydrogen-bond donors (Lipinski definition) is 0. The molecule has 0 spiro atoms. The van der Waals surface area contributed by atoms with E-state index in [0.29, 0.717) is 6.42 Å². The number of Topliss-reactive ketones (excluding diaryl/α,β-unsaturated/α-hetero) is 1. The second-order valence-electron chi connectivity index (χ2n) is 6.89. The minimum absolute atomic E-state index is 0.0186. The van der Waals surface area contributed by atoms with Gasteiger partial charge in [0.05, 0.1) is 0 Å². The van der Waals surface area contributed by atoms with Crippen molar-refractivity contribution < 1.29 is 14.3 Å². The van der Waals surface area contributed by atoms with Gasteiger partial charge in [0.25, 0.3) is 0 Å². The van der Waals surface area contributed by atoms with E-state index in [1.165, 1.54) is 0 Å². The molecule has 2 atom stereocenters. The van der Waals surface area contributed by atoms with Gasteiger partial charge in [-0.25, -0.2) is 0 Å². The molecule has 0 aromatic heterocycles. The molecule has 1 aliphatic rings. The maximum atomic E-state index is 12.6. The maximum absolute atomic E-state index is 12.6. The summed E-state index contributed by atoms with van der Waals surface area (Å²) in [5, 5.41) is 0. The van der Waals surface area contributed by atoms with E-state index in [1.54, 1.807) is 0 Å². The average molecular weight is 302 g/mol. The number of esters is 1. The average Bonchev–Trinajstić information content (AvgIpc) is 2.86. The van der Waals surface area contributed by atoms with Crippen LogP contribution in [0.15, 0.2) is 30.3 Å². The minimum Gasteiger partial charge on any atom is -0.461 e. The van der Waals surface area contributed by atoms with E-state index in [9.17, 15) is 9.59 Å². The number of benzene rings is 1. The molecule has 3 nitrogen and oxygen atoms in total. The number of ether oxygens (including phenoxy) is 1. The summed E-state index contributed by atoms with van der Waals surface area (Å²) in [5.74, 6) is -0.510. The second-order valence-corrected chi connectivity index (χ2v) is 6.89. The van der Waals surface area contributed by atoms with Gasteiger partial charge in [-0.15, -0.1) is 0 Å². The van der Waals surface area contributed by atoms with Gasteiger partial charge in [-0.2, -0.15) is 0 Å². The summed E-state index contributed by atoms with van der Waals surface area (Å²) in [6.07, 6.45) is 1.06. The Balaban J connectivity index is 2.17. The quantitative estimate of drug-likeness (QED) is 0.610. The van der Waals surface area contributed by atoms with Crippen molar-refractivity contribution in [2.45, 2.75) is 52.6 Å². The molecule has 1 saturated carbocycles. The largest absolute Gasteiger partial charge is 0.461 e. The standard InChI is InChI=1S/C19H26O3/c1-12(2)18(13(3)4)22-19(21)17-15(10-11-16(17)20)14-8-6-5-7-9-14/h5-9,12-13,15,17-18H,10-11H2,1-4H3/t15-,17?/m1/s1. The first-order valence-corrected chi connectivity index (χ1v) is 8.20. The molecule has 0 N–H and O–H groups in total. The van der Waals surface area contributed by atoms with E-state index in [4.69, 9.17) is 4.74 Å². The molecule has 0 heterocycles. The SMILES string of the molecule is CC(C)C(OC(=O)C1C(=O)CC[C@@H]1c1ccccc1)C(C)C. The van der Waals surface area contributed by atoms with Crippen molar-refractivity contribution >= 4 is 11.8 Å². The third-order valence-electron chi connectivity index (χ3n) is 4.50. The molecule has 0 amide bonds. The van der Waals surface area contributed by atoms with Crippen LogP contribution in [0.2, 0.25) is 0 Å². The van der Waals surface area contributed by atoms with Crippen molar-refractivity contribution in [1.82, 2.24) is 0 Å². The van der Waals surface area contributed by atoms with E-state index in [2.05, 4.69) is 0 Å². The predicted octanol–water partition coefficient (Wildman–Crippen LogP) is 3.97. The predicted molar refractivity (Wildman–Crippen MR) is 86.5 cm³/mol. The minimum atomic E-state index is -0.637. The molecule has 2 rings (SSSR count). The highest BCUT2D eigenvalue weighted by molar-refractivity contribution is 6.01. The normalized spacial score (nSPS) is 21.9. The molecule has 0 saturated heterocycles. The van der Waals surface area contributed by atoms with E-state index < -0.39 is 5.92 Å². The zero-order valence-corrected chi connectivity index (χ0v) is 13.9. The summed E-state index contributed by atoms with van der Waals surface area (Å²) < 4.78 is 5.72. The Morgan fingerprint density at radius 2 is 1.68 bits per heavy atom. The highest BCUT2D eigenvalue weighted by Crippen LogP contribution is 2.38. The Morgan fingerprint density at radius 3 is 2.23 bits per heavy atom. The Hall–Kier alpha value is -1.64. The van der Waals surface area contributed by atoms with Gasteiger partial charge in [-0.3, -0.25) is 9.59 Å². The highest BCUT2D eigenvalue weighted by atomic mass is 16.5. The van der Waals surface area contributed by atoms with Crippen molar-refractivity contribution in [3.8, 4) is 0 Å². The molecule has 1 unspecified atom stereocenters. The van der Waals surface area contributed by atoms with Crippen LogP contribution in [0.25, 0.3) is 0 Å². The maximum Gasteiger partial charge on any atom is 0.317 e. The lowest BCUT2D eigenvalue weighted by Gasteiger charge is -2.27. The first kappa shape index (κ1) is 16.7. The molecule has 0 bridgehead atoms. The molecule has 120 valence electrons. The van der Waals surface area contributed by atoms with Gasteiger partial charge >= 0.3 is 5.97 Å². The van der Waals surface area contributed by atoms with Crippen LogP contribution < -0.4 is 0 Å². The van der Waals surface area contributed by atoms with Crippen LogP contribution in [0.1, 0.15) is 52.0 Å². The smallest absolute Gasteiger partial charge is 0.317 e. The van der Waals surface area contributed by atoms with Crippen LogP contribution in [0, 0.1) is 17.8 Å². The van der Waals surface area contributed by atoms with E-state index in [1.807, 2.05) is 58.0 Å².